The molecular formula is C11H12Cl2N4. The number of benzene rings is 1. The van der Waals surface area contributed by atoms with E-state index in [0.717, 1.165) is 11.3 Å². The molecule has 0 bridgehead atoms. The van der Waals surface area contributed by atoms with Crippen LogP contribution in [0.2, 0.25) is 10.0 Å². The Morgan fingerprint density at radius 1 is 1.35 bits per heavy atom. The molecule has 2 rings (SSSR count). The second-order valence-electron chi connectivity index (χ2n) is 3.68. The van der Waals surface area contributed by atoms with Gasteiger partial charge in [-0.05, 0) is 29.8 Å². The van der Waals surface area contributed by atoms with Gasteiger partial charge in [0.05, 0.1) is 11.7 Å². The van der Waals surface area contributed by atoms with Gasteiger partial charge in [-0.25, -0.2) is 5.43 Å². The van der Waals surface area contributed by atoms with Crippen molar-refractivity contribution in [2.24, 2.45) is 12.9 Å². The number of hydrogen-bond donors (Lipinski definition) is 2. The van der Waals surface area contributed by atoms with Gasteiger partial charge in [0.25, 0.3) is 0 Å². The molecule has 17 heavy (non-hydrogen) atoms. The minimum atomic E-state index is -0.276. The average Bonchev–Trinajstić information content (AvgIpc) is 2.71. The highest BCUT2D eigenvalue weighted by atomic mass is 35.5. The van der Waals surface area contributed by atoms with Crippen LogP contribution < -0.4 is 11.3 Å². The molecule has 0 amide bonds. The second-order valence-corrected chi connectivity index (χ2v) is 4.52. The SMILES string of the molecule is Cn1ccc(C(NN)c2cc(Cl)ccc2Cl)n1. The molecule has 0 aliphatic carbocycles. The Kier molecular flexibility index (Phi) is 3.69. The van der Waals surface area contributed by atoms with Gasteiger partial charge < -0.3 is 0 Å². The first-order chi connectivity index (χ1) is 8.11. The van der Waals surface area contributed by atoms with Crippen LogP contribution >= 0.6 is 23.2 Å². The van der Waals surface area contributed by atoms with Crippen LogP contribution in [0.25, 0.3) is 0 Å². The van der Waals surface area contributed by atoms with Gasteiger partial charge >= 0.3 is 0 Å². The summed E-state index contributed by atoms with van der Waals surface area (Å²) in [7, 11) is 1.84. The maximum atomic E-state index is 6.14. The number of halogens is 2. The van der Waals surface area contributed by atoms with Crippen molar-refractivity contribution in [2.45, 2.75) is 6.04 Å². The molecular weight excluding hydrogens is 259 g/mol. The molecule has 0 aliphatic heterocycles. The molecule has 3 N–H and O–H groups in total. The predicted octanol–water partition coefficient (Wildman–Crippen LogP) is 2.28. The van der Waals surface area contributed by atoms with Gasteiger partial charge in [0, 0.05) is 23.3 Å². The zero-order valence-corrected chi connectivity index (χ0v) is 10.7. The number of nitrogens with one attached hydrogen (secondary N) is 1. The lowest BCUT2D eigenvalue weighted by Crippen LogP contribution is -2.29. The number of hydrazine groups is 1. The van der Waals surface area contributed by atoms with Gasteiger partial charge in [-0.3, -0.25) is 10.5 Å². The van der Waals surface area contributed by atoms with Gasteiger partial charge in [-0.2, -0.15) is 5.10 Å². The van der Waals surface area contributed by atoms with Crippen LogP contribution in [0.15, 0.2) is 30.5 Å². The van der Waals surface area contributed by atoms with Crippen LogP contribution in [0.5, 0.6) is 0 Å². The summed E-state index contributed by atoms with van der Waals surface area (Å²) in [5.74, 6) is 5.56. The largest absolute Gasteiger partial charge is 0.275 e. The monoisotopic (exact) mass is 270 g/mol. The molecule has 6 heteroatoms. The highest BCUT2D eigenvalue weighted by Gasteiger charge is 2.18. The first-order valence-electron chi connectivity index (χ1n) is 5.02. The van der Waals surface area contributed by atoms with Crippen molar-refractivity contribution >= 4 is 23.2 Å². The van der Waals surface area contributed by atoms with Gasteiger partial charge in [0.2, 0.25) is 0 Å². The summed E-state index contributed by atoms with van der Waals surface area (Å²) in [6.45, 7) is 0. The van der Waals surface area contributed by atoms with Gasteiger partial charge in [-0.15, -0.1) is 0 Å². The molecule has 1 heterocycles. The molecule has 1 unspecified atom stereocenters. The lowest BCUT2D eigenvalue weighted by molar-refractivity contribution is 0.604. The average molecular weight is 271 g/mol. The Bertz CT molecular complexity index is 524. The molecule has 1 aromatic heterocycles. The highest BCUT2D eigenvalue weighted by molar-refractivity contribution is 6.33. The van der Waals surface area contributed by atoms with E-state index in [1.54, 1.807) is 22.9 Å². The number of hydrogen-bond acceptors (Lipinski definition) is 3. The zero-order valence-electron chi connectivity index (χ0n) is 9.19. The summed E-state index contributed by atoms with van der Waals surface area (Å²) in [5, 5.41) is 5.51. The number of nitrogens with two attached hydrogens (primary N) is 1. The van der Waals surface area contributed by atoms with E-state index in [9.17, 15) is 0 Å². The quantitative estimate of drug-likeness (QED) is 0.665. The van der Waals surface area contributed by atoms with Crippen molar-refractivity contribution in [3.8, 4) is 0 Å². The molecule has 0 spiro atoms. The lowest BCUT2D eigenvalue weighted by atomic mass is 10.0. The van der Waals surface area contributed by atoms with E-state index in [2.05, 4.69) is 10.5 Å². The van der Waals surface area contributed by atoms with Crippen molar-refractivity contribution in [3.05, 3.63) is 51.8 Å². The van der Waals surface area contributed by atoms with Crippen LogP contribution in [0, 0.1) is 0 Å². The summed E-state index contributed by atoms with van der Waals surface area (Å²) < 4.78 is 1.71. The molecule has 1 aromatic carbocycles. The Labute approximate surface area is 109 Å². The molecule has 0 radical (unpaired) electrons. The maximum absolute atomic E-state index is 6.14. The Morgan fingerprint density at radius 2 is 2.12 bits per heavy atom. The normalized spacial score (nSPS) is 12.7. The third-order valence-corrected chi connectivity index (χ3v) is 3.05. The topological polar surface area (TPSA) is 55.9 Å². The summed E-state index contributed by atoms with van der Waals surface area (Å²) in [5.41, 5.74) is 4.29. The Hall–Kier alpha value is -1.07. The zero-order chi connectivity index (χ0) is 12.4. The summed E-state index contributed by atoms with van der Waals surface area (Å²) in [6, 6.07) is 6.86. The summed E-state index contributed by atoms with van der Waals surface area (Å²) in [6.07, 6.45) is 1.85. The third-order valence-electron chi connectivity index (χ3n) is 2.47. The van der Waals surface area contributed by atoms with E-state index in [0.29, 0.717) is 10.0 Å². The minimum Gasteiger partial charge on any atom is -0.275 e. The fourth-order valence-electron chi connectivity index (χ4n) is 1.66. The van der Waals surface area contributed by atoms with E-state index in [-0.39, 0.29) is 6.04 Å². The molecule has 0 aliphatic rings. The molecule has 2 aromatic rings. The van der Waals surface area contributed by atoms with E-state index >= 15 is 0 Å². The van der Waals surface area contributed by atoms with Crippen molar-refractivity contribution in [1.29, 1.82) is 0 Å². The number of aryl methyl sites for hydroxylation is 1. The van der Waals surface area contributed by atoms with Crippen LogP contribution in [0.3, 0.4) is 0 Å². The highest BCUT2D eigenvalue weighted by Crippen LogP contribution is 2.29. The van der Waals surface area contributed by atoms with Gasteiger partial charge in [0.1, 0.15) is 0 Å². The standard InChI is InChI=1S/C11H12Cl2N4/c1-17-5-4-10(16-17)11(15-14)8-6-7(12)2-3-9(8)13/h2-6,11,15H,14H2,1H3. The van der Waals surface area contributed by atoms with Crippen molar-refractivity contribution in [1.82, 2.24) is 15.2 Å². The Morgan fingerprint density at radius 3 is 2.71 bits per heavy atom. The first kappa shape index (κ1) is 12.4. The smallest absolute Gasteiger partial charge is 0.0914 e. The third kappa shape index (κ3) is 2.61. The molecule has 90 valence electrons. The molecule has 0 saturated carbocycles. The summed E-state index contributed by atoms with van der Waals surface area (Å²) >= 11 is 12.1. The molecule has 1 atom stereocenters. The predicted molar refractivity (Wildman–Crippen MR) is 68.8 cm³/mol. The van der Waals surface area contributed by atoms with E-state index in [1.807, 2.05) is 19.3 Å². The number of aromatic nitrogens is 2. The first-order valence-corrected chi connectivity index (χ1v) is 5.78. The fourth-order valence-corrected chi connectivity index (χ4v) is 2.06. The van der Waals surface area contributed by atoms with Crippen LogP contribution in [-0.4, -0.2) is 9.78 Å². The van der Waals surface area contributed by atoms with E-state index < -0.39 is 0 Å². The van der Waals surface area contributed by atoms with Crippen LogP contribution in [0.4, 0.5) is 0 Å². The minimum absolute atomic E-state index is 0.276. The van der Waals surface area contributed by atoms with E-state index in [4.69, 9.17) is 29.0 Å². The molecule has 0 saturated heterocycles. The fraction of sp³-hybridized carbons (Fsp3) is 0.182. The van der Waals surface area contributed by atoms with Gasteiger partial charge in [-0.1, -0.05) is 23.2 Å². The lowest BCUT2D eigenvalue weighted by Gasteiger charge is -2.15. The van der Waals surface area contributed by atoms with Crippen LogP contribution in [0.1, 0.15) is 17.3 Å². The van der Waals surface area contributed by atoms with Crippen molar-refractivity contribution in [3.63, 3.8) is 0 Å². The van der Waals surface area contributed by atoms with Crippen molar-refractivity contribution < 1.29 is 0 Å². The molecule has 0 fully saturated rings. The Balaban J connectivity index is 2.45. The number of rotatable bonds is 3. The second kappa shape index (κ2) is 5.06. The maximum Gasteiger partial charge on any atom is 0.0914 e. The van der Waals surface area contributed by atoms with E-state index in [1.165, 1.54) is 0 Å². The van der Waals surface area contributed by atoms with Crippen molar-refractivity contribution in [2.75, 3.05) is 0 Å². The number of nitrogens with zero attached hydrogens (tertiary/aromatic N) is 2. The summed E-state index contributed by atoms with van der Waals surface area (Å²) in [4.78, 5) is 0. The van der Waals surface area contributed by atoms with Crippen LogP contribution in [-0.2, 0) is 7.05 Å². The molecule has 4 nitrogen and oxygen atoms in total. The van der Waals surface area contributed by atoms with Gasteiger partial charge in [0.15, 0.2) is 0 Å².